The Morgan fingerprint density at radius 2 is 2.10 bits per heavy atom. The van der Waals surface area contributed by atoms with Crippen molar-refractivity contribution in [3.63, 3.8) is 0 Å². The third-order valence-electron chi connectivity index (χ3n) is 5.95. The van der Waals surface area contributed by atoms with Gasteiger partial charge >= 0.3 is 0 Å². The fourth-order valence-electron chi connectivity index (χ4n) is 4.34. The van der Waals surface area contributed by atoms with Crippen molar-refractivity contribution in [1.29, 1.82) is 0 Å². The molecule has 2 unspecified atom stereocenters. The maximum Gasteiger partial charge on any atom is 0.252 e. The SMILES string of the molecule is COc1cccc(COC(C)C(=O)N2CCCC2c2nnc3n2CCCCC3)c1. The molecule has 1 aromatic carbocycles. The van der Waals surface area contributed by atoms with Crippen molar-refractivity contribution in [2.45, 2.75) is 70.7 Å². The molecule has 2 atom stereocenters. The van der Waals surface area contributed by atoms with Crippen LogP contribution in [0.2, 0.25) is 0 Å². The van der Waals surface area contributed by atoms with Crippen LogP contribution in [0.15, 0.2) is 24.3 Å². The van der Waals surface area contributed by atoms with Gasteiger partial charge in [-0.05, 0) is 50.3 Å². The molecule has 0 bridgehead atoms. The lowest BCUT2D eigenvalue weighted by molar-refractivity contribution is -0.144. The van der Waals surface area contributed by atoms with Crippen LogP contribution in [0.3, 0.4) is 0 Å². The Labute approximate surface area is 172 Å². The summed E-state index contributed by atoms with van der Waals surface area (Å²) >= 11 is 0. The molecule has 2 aliphatic rings. The van der Waals surface area contributed by atoms with Crippen molar-refractivity contribution < 1.29 is 14.3 Å². The zero-order valence-electron chi connectivity index (χ0n) is 17.3. The third-order valence-corrected chi connectivity index (χ3v) is 5.95. The van der Waals surface area contributed by atoms with Gasteiger partial charge in [0, 0.05) is 19.5 Å². The molecule has 7 heteroatoms. The number of fused-ring (bicyclic) bond motifs is 1. The monoisotopic (exact) mass is 398 g/mol. The summed E-state index contributed by atoms with van der Waals surface area (Å²) in [6.07, 6.45) is 5.94. The second kappa shape index (κ2) is 8.95. The Kier molecular flexibility index (Phi) is 6.13. The largest absolute Gasteiger partial charge is 0.497 e. The van der Waals surface area contributed by atoms with Crippen molar-refractivity contribution in [3.05, 3.63) is 41.5 Å². The number of benzene rings is 1. The molecule has 1 fully saturated rings. The van der Waals surface area contributed by atoms with Crippen LogP contribution in [0, 0.1) is 0 Å². The molecule has 0 N–H and O–H groups in total. The molecule has 3 heterocycles. The van der Waals surface area contributed by atoms with Gasteiger partial charge in [0.1, 0.15) is 17.7 Å². The van der Waals surface area contributed by atoms with E-state index >= 15 is 0 Å². The first kappa shape index (κ1) is 19.9. The van der Waals surface area contributed by atoms with Gasteiger partial charge in [-0.1, -0.05) is 18.6 Å². The van der Waals surface area contributed by atoms with E-state index < -0.39 is 6.10 Å². The second-order valence-corrected chi connectivity index (χ2v) is 7.93. The predicted octanol–water partition coefficient (Wildman–Crippen LogP) is 3.28. The molecule has 7 nitrogen and oxygen atoms in total. The van der Waals surface area contributed by atoms with E-state index in [9.17, 15) is 4.79 Å². The molecular formula is C22H30N4O3. The number of ether oxygens (including phenoxy) is 2. The van der Waals surface area contributed by atoms with Crippen LogP contribution in [0.25, 0.3) is 0 Å². The van der Waals surface area contributed by atoms with Gasteiger partial charge in [0.25, 0.3) is 5.91 Å². The average Bonchev–Trinajstić information content (AvgIpc) is 3.32. The number of methoxy groups -OCH3 is 1. The van der Waals surface area contributed by atoms with Gasteiger partial charge in [-0.2, -0.15) is 0 Å². The summed E-state index contributed by atoms with van der Waals surface area (Å²) in [5, 5.41) is 8.91. The van der Waals surface area contributed by atoms with Crippen molar-refractivity contribution in [2.75, 3.05) is 13.7 Å². The van der Waals surface area contributed by atoms with Gasteiger partial charge in [0.2, 0.25) is 0 Å². The van der Waals surface area contributed by atoms with Crippen LogP contribution >= 0.6 is 0 Å². The minimum Gasteiger partial charge on any atom is -0.497 e. The van der Waals surface area contributed by atoms with E-state index in [1.807, 2.05) is 36.1 Å². The molecule has 1 aromatic heterocycles. The summed E-state index contributed by atoms with van der Waals surface area (Å²) in [6, 6.07) is 7.74. The zero-order valence-corrected chi connectivity index (χ0v) is 17.3. The molecule has 0 aliphatic carbocycles. The summed E-state index contributed by atoms with van der Waals surface area (Å²) < 4.78 is 13.4. The Morgan fingerprint density at radius 1 is 1.21 bits per heavy atom. The smallest absolute Gasteiger partial charge is 0.252 e. The molecule has 156 valence electrons. The number of nitrogens with zero attached hydrogens (tertiary/aromatic N) is 4. The molecular weight excluding hydrogens is 368 g/mol. The van der Waals surface area contributed by atoms with E-state index in [-0.39, 0.29) is 11.9 Å². The Bertz CT molecular complexity index is 850. The van der Waals surface area contributed by atoms with Gasteiger partial charge in [-0.25, -0.2) is 0 Å². The van der Waals surface area contributed by atoms with Gasteiger partial charge in [-0.3, -0.25) is 4.79 Å². The topological polar surface area (TPSA) is 69.5 Å². The van der Waals surface area contributed by atoms with E-state index in [0.29, 0.717) is 6.61 Å². The molecule has 2 aromatic rings. The van der Waals surface area contributed by atoms with Crippen molar-refractivity contribution in [1.82, 2.24) is 19.7 Å². The lowest BCUT2D eigenvalue weighted by atomic mass is 10.2. The fraction of sp³-hybridized carbons (Fsp3) is 0.591. The number of aryl methyl sites for hydroxylation is 1. The first-order chi connectivity index (χ1) is 14.2. The average molecular weight is 399 g/mol. The van der Waals surface area contributed by atoms with Gasteiger partial charge < -0.3 is 18.9 Å². The molecule has 4 rings (SSSR count). The summed E-state index contributed by atoms with van der Waals surface area (Å²) in [4.78, 5) is 15.1. The number of amides is 1. The molecule has 2 aliphatic heterocycles. The fourth-order valence-corrected chi connectivity index (χ4v) is 4.34. The summed E-state index contributed by atoms with van der Waals surface area (Å²) in [7, 11) is 1.64. The lowest BCUT2D eigenvalue weighted by Crippen LogP contribution is -2.39. The summed E-state index contributed by atoms with van der Waals surface area (Å²) in [6.45, 7) is 3.92. The highest BCUT2D eigenvalue weighted by molar-refractivity contribution is 5.81. The Hall–Kier alpha value is -2.41. The molecule has 1 saturated heterocycles. The van der Waals surface area contributed by atoms with Crippen molar-refractivity contribution in [3.8, 4) is 5.75 Å². The highest BCUT2D eigenvalue weighted by Gasteiger charge is 2.36. The Morgan fingerprint density at radius 3 is 2.97 bits per heavy atom. The molecule has 0 radical (unpaired) electrons. The van der Waals surface area contributed by atoms with E-state index in [2.05, 4.69) is 14.8 Å². The van der Waals surface area contributed by atoms with Crippen LogP contribution in [0.1, 0.15) is 62.3 Å². The van der Waals surface area contributed by atoms with E-state index in [1.165, 1.54) is 12.8 Å². The maximum atomic E-state index is 13.2. The third kappa shape index (κ3) is 4.29. The number of likely N-dealkylation sites (tertiary alicyclic amines) is 1. The van der Waals surface area contributed by atoms with Crippen molar-refractivity contribution in [2.24, 2.45) is 0 Å². The van der Waals surface area contributed by atoms with Crippen LogP contribution in [-0.2, 0) is 29.1 Å². The Balaban J connectivity index is 1.43. The first-order valence-electron chi connectivity index (χ1n) is 10.6. The van der Waals surface area contributed by atoms with Gasteiger partial charge in [0.05, 0.1) is 19.8 Å². The van der Waals surface area contributed by atoms with Gasteiger partial charge in [-0.15, -0.1) is 10.2 Å². The van der Waals surface area contributed by atoms with E-state index in [0.717, 1.165) is 61.7 Å². The second-order valence-electron chi connectivity index (χ2n) is 7.93. The lowest BCUT2D eigenvalue weighted by Gasteiger charge is -2.27. The highest BCUT2D eigenvalue weighted by atomic mass is 16.5. The highest BCUT2D eigenvalue weighted by Crippen LogP contribution is 2.33. The van der Waals surface area contributed by atoms with Crippen molar-refractivity contribution >= 4 is 5.91 Å². The number of hydrogen-bond acceptors (Lipinski definition) is 5. The molecule has 29 heavy (non-hydrogen) atoms. The van der Waals surface area contributed by atoms with Crippen LogP contribution in [0.5, 0.6) is 5.75 Å². The summed E-state index contributed by atoms with van der Waals surface area (Å²) in [5.74, 6) is 2.84. The number of carbonyl (C=O) groups is 1. The van der Waals surface area contributed by atoms with E-state index in [4.69, 9.17) is 9.47 Å². The zero-order chi connectivity index (χ0) is 20.2. The summed E-state index contributed by atoms with van der Waals surface area (Å²) in [5.41, 5.74) is 0.991. The minimum atomic E-state index is -0.506. The molecule has 0 saturated carbocycles. The quantitative estimate of drug-likeness (QED) is 0.747. The molecule has 1 amide bonds. The predicted molar refractivity (Wildman–Crippen MR) is 109 cm³/mol. The van der Waals surface area contributed by atoms with E-state index in [1.54, 1.807) is 7.11 Å². The number of aromatic nitrogens is 3. The number of carbonyl (C=O) groups excluding carboxylic acids is 1. The number of hydrogen-bond donors (Lipinski definition) is 0. The first-order valence-corrected chi connectivity index (χ1v) is 10.6. The van der Waals surface area contributed by atoms with Crippen LogP contribution in [0.4, 0.5) is 0 Å². The normalized spacial score (nSPS) is 20.2. The van der Waals surface area contributed by atoms with Gasteiger partial charge in [0.15, 0.2) is 5.82 Å². The molecule has 0 spiro atoms. The standard InChI is InChI=1S/C22H30N4O3/c1-16(29-15-17-8-6-9-18(14-17)28-2)22(27)25-13-7-10-19(25)21-24-23-20-11-4-3-5-12-26(20)21/h6,8-9,14,16,19H,3-5,7,10-13,15H2,1-2H3. The maximum absolute atomic E-state index is 13.2. The number of rotatable bonds is 6. The van der Waals surface area contributed by atoms with Crippen LogP contribution < -0.4 is 4.74 Å². The van der Waals surface area contributed by atoms with Crippen LogP contribution in [-0.4, -0.2) is 45.3 Å². The minimum absolute atomic E-state index is 0.00437.